The van der Waals surface area contributed by atoms with Gasteiger partial charge < -0.3 is 5.11 Å². The average Bonchev–Trinajstić information content (AvgIpc) is 2.77. The Morgan fingerprint density at radius 1 is 0.871 bits per heavy atom. The van der Waals surface area contributed by atoms with Crippen molar-refractivity contribution in [1.82, 2.24) is 0 Å². The van der Waals surface area contributed by atoms with E-state index in [1.165, 1.54) is 0 Å². The Morgan fingerprint density at radius 2 is 1.42 bits per heavy atom. The average molecular weight is 419 g/mol. The highest BCUT2D eigenvalue weighted by molar-refractivity contribution is 5.72. The van der Waals surface area contributed by atoms with Crippen LogP contribution in [-0.4, -0.2) is 11.2 Å². The molecular weight excluding hydrogens is 390 g/mol. The van der Waals surface area contributed by atoms with E-state index in [2.05, 4.69) is 12.7 Å². The maximum absolute atomic E-state index is 14.9. The molecule has 0 aliphatic rings. The van der Waals surface area contributed by atoms with E-state index in [0.717, 1.165) is 36.8 Å². The Bertz CT molecular complexity index is 1030. The zero-order chi connectivity index (χ0) is 22.2. The van der Waals surface area contributed by atoms with Crippen LogP contribution in [0.4, 0.5) is 8.78 Å². The molecular formula is C28H28F2O. The molecule has 0 spiro atoms. The summed E-state index contributed by atoms with van der Waals surface area (Å²) in [5.41, 5.74) is 3.86. The minimum Gasteiger partial charge on any atom is -0.393 e. The van der Waals surface area contributed by atoms with Crippen LogP contribution in [0, 0.1) is 11.6 Å². The Labute approximate surface area is 183 Å². The molecule has 0 aliphatic heterocycles. The van der Waals surface area contributed by atoms with E-state index < -0.39 is 11.6 Å². The van der Waals surface area contributed by atoms with Gasteiger partial charge in [-0.05, 0) is 54.9 Å². The second-order valence-corrected chi connectivity index (χ2v) is 7.78. The van der Waals surface area contributed by atoms with Gasteiger partial charge in [-0.3, -0.25) is 0 Å². The minimum absolute atomic E-state index is 0.247. The Balaban J connectivity index is 1.75. The summed E-state index contributed by atoms with van der Waals surface area (Å²) in [6.07, 6.45) is 8.94. The van der Waals surface area contributed by atoms with E-state index in [-0.39, 0.29) is 17.2 Å². The molecule has 160 valence electrons. The first-order chi connectivity index (χ1) is 15.0. The van der Waals surface area contributed by atoms with Crippen LogP contribution < -0.4 is 0 Å². The van der Waals surface area contributed by atoms with Crippen molar-refractivity contribution in [1.29, 1.82) is 0 Å². The molecule has 3 aromatic carbocycles. The summed E-state index contributed by atoms with van der Waals surface area (Å²) in [5, 5.41) is 9.28. The van der Waals surface area contributed by atoms with Crippen LogP contribution in [0.1, 0.15) is 37.3 Å². The summed E-state index contributed by atoms with van der Waals surface area (Å²) in [6.45, 7) is 5.50. The van der Waals surface area contributed by atoms with Crippen molar-refractivity contribution in [3.63, 3.8) is 0 Å². The zero-order valence-electron chi connectivity index (χ0n) is 17.8. The van der Waals surface area contributed by atoms with Crippen LogP contribution in [0.5, 0.6) is 0 Å². The summed E-state index contributed by atoms with van der Waals surface area (Å²) >= 11 is 0. The normalized spacial score (nSPS) is 12.3. The monoisotopic (exact) mass is 418 g/mol. The summed E-state index contributed by atoms with van der Waals surface area (Å²) in [4.78, 5) is 0. The third-order valence-electron chi connectivity index (χ3n) is 5.25. The van der Waals surface area contributed by atoms with Gasteiger partial charge in [0, 0.05) is 11.1 Å². The van der Waals surface area contributed by atoms with Gasteiger partial charge in [0.1, 0.15) is 0 Å². The number of unbranched alkanes of at least 4 members (excludes halogenated alkanes) is 1. The predicted octanol–water partition coefficient (Wildman–Crippen LogP) is 7.59. The number of aliphatic hydroxyl groups excluding tert-OH is 1. The van der Waals surface area contributed by atoms with Gasteiger partial charge >= 0.3 is 0 Å². The molecule has 0 aromatic heterocycles. The highest BCUT2D eigenvalue weighted by Gasteiger charge is 2.16. The van der Waals surface area contributed by atoms with Gasteiger partial charge in [0.05, 0.1) is 6.10 Å². The summed E-state index contributed by atoms with van der Waals surface area (Å²) in [7, 11) is 0. The third-order valence-corrected chi connectivity index (χ3v) is 5.25. The van der Waals surface area contributed by atoms with E-state index in [1.54, 1.807) is 43.3 Å². The van der Waals surface area contributed by atoms with Crippen LogP contribution in [0.25, 0.3) is 28.3 Å². The van der Waals surface area contributed by atoms with Gasteiger partial charge in [-0.15, -0.1) is 6.58 Å². The standard InChI is InChI=1S/C28H28F2O/c1-3-7-21-10-14-23(15-11-21)25-18-19-26(28(30)27(25)29)24-16-12-22(13-17-24)9-6-4-5-8-20(2)31/h3,6,9-20,31H,1,4-5,7-8H2,2H3/b9-6+. The fourth-order valence-corrected chi connectivity index (χ4v) is 3.51. The van der Waals surface area contributed by atoms with Crippen LogP contribution >= 0.6 is 0 Å². The molecule has 0 radical (unpaired) electrons. The number of benzene rings is 3. The highest BCUT2D eigenvalue weighted by atomic mass is 19.2. The van der Waals surface area contributed by atoms with Gasteiger partial charge in [0.15, 0.2) is 11.6 Å². The summed E-state index contributed by atoms with van der Waals surface area (Å²) in [6, 6.07) is 18.1. The van der Waals surface area contributed by atoms with Crippen molar-refractivity contribution in [3.05, 3.63) is 102 Å². The number of hydrogen-bond acceptors (Lipinski definition) is 1. The molecule has 1 atom stereocenters. The van der Waals surface area contributed by atoms with Crippen molar-refractivity contribution in [2.24, 2.45) is 0 Å². The molecule has 1 unspecified atom stereocenters. The Kier molecular flexibility index (Phi) is 7.91. The largest absolute Gasteiger partial charge is 0.393 e. The van der Waals surface area contributed by atoms with Gasteiger partial charge in [-0.25, -0.2) is 8.78 Å². The van der Waals surface area contributed by atoms with Crippen LogP contribution in [-0.2, 0) is 6.42 Å². The van der Waals surface area contributed by atoms with E-state index >= 15 is 0 Å². The van der Waals surface area contributed by atoms with Gasteiger partial charge in [-0.1, -0.05) is 78.9 Å². The maximum Gasteiger partial charge on any atom is 0.167 e. The number of hydrogen-bond donors (Lipinski definition) is 1. The topological polar surface area (TPSA) is 20.2 Å². The molecule has 0 aliphatic carbocycles. The van der Waals surface area contributed by atoms with Gasteiger partial charge in [-0.2, -0.15) is 0 Å². The number of rotatable bonds is 9. The second-order valence-electron chi connectivity index (χ2n) is 7.78. The Morgan fingerprint density at radius 3 is 1.94 bits per heavy atom. The lowest BCUT2D eigenvalue weighted by atomic mass is 9.97. The summed E-state index contributed by atoms with van der Waals surface area (Å²) < 4.78 is 29.7. The molecule has 0 heterocycles. The SMILES string of the molecule is C=CCc1ccc(-c2ccc(-c3ccc(/C=C/CCCC(C)O)cc3)c(F)c2F)cc1. The summed E-state index contributed by atoms with van der Waals surface area (Å²) in [5.74, 6) is -1.68. The first kappa shape index (κ1) is 22.6. The molecule has 1 nitrogen and oxygen atoms in total. The van der Waals surface area contributed by atoms with E-state index in [9.17, 15) is 13.9 Å². The fourth-order valence-electron chi connectivity index (χ4n) is 3.51. The lowest BCUT2D eigenvalue weighted by Crippen LogP contribution is -1.97. The van der Waals surface area contributed by atoms with Crippen LogP contribution in [0.2, 0.25) is 0 Å². The lowest BCUT2D eigenvalue weighted by molar-refractivity contribution is 0.182. The molecule has 3 rings (SSSR count). The van der Waals surface area contributed by atoms with E-state index in [0.29, 0.717) is 11.1 Å². The predicted molar refractivity (Wildman–Crippen MR) is 126 cm³/mol. The van der Waals surface area contributed by atoms with Gasteiger partial charge in [0.2, 0.25) is 0 Å². The molecule has 0 amide bonds. The minimum atomic E-state index is -0.839. The molecule has 0 saturated carbocycles. The molecule has 0 fully saturated rings. The van der Waals surface area contributed by atoms with Crippen molar-refractivity contribution < 1.29 is 13.9 Å². The highest BCUT2D eigenvalue weighted by Crippen LogP contribution is 2.32. The van der Waals surface area contributed by atoms with Crippen LogP contribution in [0.15, 0.2) is 79.4 Å². The molecule has 31 heavy (non-hydrogen) atoms. The molecule has 0 bridgehead atoms. The molecule has 0 saturated heterocycles. The number of halogens is 2. The van der Waals surface area contributed by atoms with Crippen molar-refractivity contribution in [2.45, 2.75) is 38.7 Å². The second kappa shape index (κ2) is 10.8. The van der Waals surface area contributed by atoms with Crippen LogP contribution in [0.3, 0.4) is 0 Å². The number of allylic oxidation sites excluding steroid dienone is 2. The molecule has 3 heteroatoms. The first-order valence-corrected chi connectivity index (χ1v) is 10.6. The lowest BCUT2D eigenvalue weighted by Gasteiger charge is -2.10. The van der Waals surface area contributed by atoms with Crippen molar-refractivity contribution >= 4 is 6.08 Å². The number of aliphatic hydroxyl groups is 1. The Hall–Kier alpha value is -3.04. The zero-order valence-corrected chi connectivity index (χ0v) is 17.8. The molecule has 3 aromatic rings. The third kappa shape index (κ3) is 5.99. The smallest absolute Gasteiger partial charge is 0.167 e. The van der Waals surface area contributed by atoms with Crippen molar-refractivity contribution in [2.75, 3.05) is 0 Å². The molecule has 1 N–H and O–H groups in total. The first-order valence-electron chi connectivity index (χ1n) is 10.6. The quantitative estimate of drug-likeness (QED) is 0.280. The van der Waals surface area contributed by atoms with E-state index in [1.807, 2.05) is 36.4 Å². The van der Waals surface area contributed by atoms with Gasteiger partial charge in [0.25, 0.3) is 0 Å². The van der Waals surface area contributed by atoms with E-state index in [4.69, 9.17) is 0 Å². The van der Waals surface area contributed by atoms with Crippen molar-refractivity contribution in [3.8, 4) is 22.3 Å². The maximum atomic E-state index is 14.9. The fraction of sp³-hybridized carbons (Fsp3) is 0.214.